The van der Waals surface area contributed by atoms with Crippen molar-refractivity contribution >= 4 is 6.41 Å². The van der Waals surface area contributed by atoms with Crippen molar-refractivity contribution in [3.8, 4) is 0 Å². The van der Waals surface area contributed by atoms with Gasteiger partial charge in [0.2, 0.25) is 6.41 Å². The van der Waals surface area contributed by atoms with Crippen molar-refractivity contribution in [2.75, 3.05) is 0 Å². The quantitative estimate of drug-likeness (QED) is 0.572. The van der Waals surface area contributed by atoms with Gasteiger partial charge in [-0.3, -0.25) is 9.69 Å². The maximum absolute atomic E-state index is 11.8. The highest BCUT2D eigenvalue weighted by Crippen LogP contribution is 2.41. The molecule has 1 amide bonds. The molecule has 0 atom stereocenters. The van der Waals surface area contributed by atoms with Crippen molar-refractivity contribution in [2.24, 2.45) is 0 Å². The van der Waals surface area contributed by atoms with Crippen LogP contribution in [0.5, 0.6) is 0 Å². The lowest BCUT2D eigenvalue weighted by Gasteiger charge is -2.31. The molecular formula is C9H15N2O2. The first kappa shape index (κ1) is 10.2. The third-order valence-corrected chi connectivity index (χ3v) is 2.70. The van der Waals surface area contributed by atoms with Crippen LogP contribution in [0.1, 0.15) is 27.7 Å². The second-order valence-corrected chi connectivity index (χ2v) is 4.27. The summed E-state index contributed by atoms with van der Waals surface area (Å²) in [5, 5.41) is 12.7. The van der Waals surface area contributed by atoms with Crippen LogP contribution in [-0.2, 0) is 10.0 Å². The van der Waals surface area contributed by atoms with Gasteiger partial charge in [0.05, 0.1) is 5.54 Å². The zero-order valence-electron chi connectivity index (χ0n) is 8.50. The Bertz CT molecular complexity index is 258. The van der Waals surface area contributed by atoms with Crippen molar-refractivity contribution in [2.45, 2.75) is 38.9 Å². The van der Waals surface area contributed by atoms with Gasteiger partial charge in [-0.2, -0.15) is 0 Å². The van der Waals surface area contributed by atoms with Crippen LogP contribution in [0.25, 0.3) is 0 Å². The molecule has 4 heteroatoms. The van der Waals surface area contributed by atoms with Gasteiger partial charge in [-0.25, -0.2) is 0 Å². The van der Waals surface area contributed by atoms with Gasteiger partial charge in [-0.05, 0) is 27.7 Å². The molecule has 0 N–H and O–H groups in total. The number of hydroxylamine groups is 2. The van der Waals surface area contributed by atoms with Gasteiger partial charge >= 0.3 is 0 Å². The highest BCUT2D eigenvalue weighted by Gasteiger charge is 2.53. The standard InChI is InChI=1S/C9H15N2O2/c1-7-8(2,3)11(13)9(4,5)10(7)6-12/h6H,1H2,2-5H3. The average Bonchev–Trinajstić information content (AvgIpc) is 2.12. The van der Waals surface area contributed by atoms with E-state index in [0.717, 1.165) is 5.06 Å². The normalized spacial score (nSPS) is 26.5. The van der Waals surface area contributed by atoms with Crippen LogP contribution in [0.2, 0.25) is 0 Å². The van der Waals surface area contributed by atoms with Crippen LogP contribution in [0.15, 0.2) is 12.3 Å². The van der Waals surface area contributed by atoms with Gasteiger partial charge in [0.25, 0.3) is 0 Å². The lowest BCUT2D eigenvalue weighted by Crippen LogP contribution is -2.48. The van der Waals surface area contributed by atoms with Gasteiger partial charge in [0.15, 0.2) is 0 Å². The molecule has 1 aliphatic rings. The van der Waals surface area contributed by atoms with Crippen LogP contribution >= 0.6 is 0 Å². The number of hydrogen-bond acceptors (Lipinski definition) is 2. The number of hydrogen-bond donors (Lipinski definition) is 0. The molecule has 0 spiro atoms. The van der Waals surface area contributed by atoms with Crippen LogP contribution < -0.4 is 0 Å². The smallest absolute Gasteiger partial charge is 0.215 e. The van der Waals surface area contributed by atoms with Gasteiger partial charge in [0.1, 0.15) is 5.66 Å². The summed E-state index contributed by atoms with van der Waals surface area (Å²) in [6, 6.07) is 0. The van der Waals surface area contributed by atoms with E-state index < -0.39 is 11.2 Å². The largest absolute Gasteiger partial charge is 0.297 e. The molecule has 0 unspecified atom stereocenters. The molecule has 4 nitrogen and oxygen atoms in total. The summed E-state index contributed by atoms with van der Waals surface area (Å²) >= 11 is 0. The Hall–Kier alpha value is -0.870. The third-order valence-electron chi connectivity index (χ3n) is 2.70. The molecule has 1 saturated heterocycles. The first-order valence-corrected chi connectivity index (χ1v) is 4.17. The Kier molecular flexibility index (Phi) is 2.01. The molecule has 73 valence electrons. The van der Waals surface area contributed by atoms with E-state index >= 15 is 0 Å². The van der Waals surface area contributed by atoms with E-state index in [2.05, 4.69) is 6.58 Å². The average molecular weight is 183 g/mol. The Balaban J connectivity index is 3.19. The summed E-state index contributed by atoms with van der Waals surface area (Å²) in [5.41, 5.74) is -0.991. The Labute approximate surface area is 78.4 Å². The minimum atomic E-state index is -0.831. The minimum Gasteiger partial charge on any atom is -0.297 e. The van der Waals surface area contributed by atoms with Crippen molar-refractivity contribution < 1.29 is 10.0 Å². The minimum absolute atomic E-state index is 0.544. The zero-order chi connectivity index (χ0) is 10.4. The summed E-state index contributed by atoms with van der Waals surface area (Å²) in [7, 11) is 0. The fourth-order valence-electron chi connectivity index (χ4n) is 1.72. The number of amides is 1. The first-order chi connectivity index (χ1) is 5.76. The van der Waals surface area contributed by atoms with E-state index in [1.54, 1.807) is 27.7 Å². The molecule has 1 radical (unpaired) electrons. The van der Waals surface area contributed by atoms with E-state index in [9.17, 15) is 10.0 Å². The van der Waals surface area contributed by atoms with Crippen molar-refractivity contribution in [3.63, 3.8) is 0 Å². The fourth-order valence-corrected chi connectivity index (χ4v) is 1.72. The summed E-state index contributed by atoms with van der Waals surface area (Å²) < 4.78 is 0. The summed E-state index contributed by atoms with van der Waals surface area (Å²) in [6.45, 7) is 10.7. The van der Waals surface area contributed by atoms with Crippen LogP contribution in [-0.4, -0.2) is 27.6 Å². The number of nitrogens with zero attached hydrogens (tertiary/aromatic N) is 2. The third kappa shape index (κ3) is 1.09. The Morgan fingerprint density at radius 2 is 1.77 bits per heavy atom. The van der Waals surface area contributed by atoms with Crippen molar-refractivity contribution in [3.05, 3.63) is 12.3 Å². The predicted octanol–water partition coefficient (Wildman–Crippen LogP) is 1.13. The van der Waals surface area contributed by atoms with Crippen molar-refractivity contribution in [1.29, 1.82) is 0 Å². The molecule has 0 saturated carbocycles. The molecule has 0 aromatic heterocycles. The highest BCUT2D eigenvalue weighted by atomic mass is 16.5. The van der Waals surface area contributed by atoms with E-state index in [-0.39, 0.29) is 0 Å². The second-order valence-electron chi connectivity index (χ2n) is 4.27. The molecule has 13 heavy (non-hydrogen) atoms. The zero-order valence-corrected chi connectivity index (χ0v) is 8.50. The van der Waals surface area contributed by atoms with Gasteiger partial charge in [-0.1, -0.05) is 6.58 Å². The Morgan fingerprint density at radius 1 is 1.31 bits per heavy atom. The van der Waals surface area contributed by atoms with E-state index in [4.69, 9.17) is 0 Å². The van der Waals surface area contributed by atoms with Gasteiger partial charge in [0, 0.05) is 5.70 Å². The topological polar surface area (TPSA) is 43.5 Å². The second kappa shape index (κ2) is 2.56. The lowest BCUT2D eigenvalue weighted by atomic mass is 10.0. The SMILES string of the molecule is C=C1N(C=O)C(C)(C)N([O])C1(C)C. The predicted molar refractivity (Wildman–Crippen MR) is 47.7 cm³/mol. The monoisotopic (exact) mass is 183 g/mol. The molecule has 1 fully saturated rings. The summed E-state index contributed by atoms with van der Waals surface area (Å²) in [4.78, 5) is 12.1. The molecule has 0 aliphatic carbocycles. The maximum atomic E-state index is 11.8. The van der Waals surface area contributed by atoms with E-state index in [1.165, 1.54) is 4.90 Å². The first-order valence-electron chi connectivity index (χ1n) is 4.17. The highest BCUT2D eigenvalue weighted by molar-refractivity contribution is 5.55. The van der Waals surface area contributed by atoms with Gasteiger partial charge in [-0.15, -0.1) is 10.3 Å². The summed E-state index contributed by atoms with van der Waals surface area (Å²) in [5.74, 6) is 0. The molecule has 0 bridgehead atoms. The van der Waals surface area contributed by atoms with E-state index in [1.807, 2.05) is 0 Å². The maximum Gasteiger partial charge on any atom is 0.215 e. The molecular weight excluding hydrogens is 168 g/mol. The number of rotatable bonds is 1. The molecule has 0 aromatic carbocycles. The van der Waals surface area contributed by atoms with Crippen LogP contribution in [0.4, 0.5) is 0 Å². The fraction of sp³-hybridized carbons (Fsp3) is 0.667. The molecule has 1 rings (SSSR count). The summed E-state index contributed by atoms with van der Waals surface area (Å²) in [6.07, 6.45) is 0.655. The molecule has 1 aliphatic heterocycles. The molecule has 0 aromatic rings. The lowest BCUT2D eigenvalue weighted by molar-refractivity contribution is -0.255. The van der Waals surface area contributed by atoms with Crippen LogP contribution in [0, 0.1) is 0 Å². The Morgan fingerprint density at radius 3 is 1.92 bits per heavy atom. The van der Waals surface area contributed by atoms with Gasteiger partial charge < -0.3 is 0 Å². The number of carbonyl (C=O) groups excluding carboxylic acids is 1. The molecule has 1 heterocycles. The van der Waals surface area contributed by atoms with Crippen molar-refractivity contribution in [1.82, 2.24) is 9.96 Å². The van der Waals surface area contributed by atoms with E-state index in [0.29, 0.717) is 12.1 Å². The number of carbonyl (C=O) groups is 1. The van der Waals surface area contributed by atoms with Crippen LogP contribution in [0.3, 0.4) is 0 Å².